The van der Waals surface area contributed by atoms with Gasteiger partial charge in [0.1, 0.15) is 16.8 Å². The highest BCUT2D eigenvalue weighted by Gasteiger charge is 2.18. The first-order valence-corrected chi connectivity index (χ1v) is 6.62. The van der Waals surface area contributed by atoms with E-state index in [1.54, 1.807) is 12.1 Å². The molecular formula is C11H13BrFNOS. The average molecular weight is 306 g/mol. The molecule has 88 valence electrons. The molecule has 0 amide bonds. The molecule has 0 aliphatic carbocycles. The lowest BCUT2D eigenvalue weighted by atomic mass is 10.2. The Morgan fingerprint density at radius 2 is 2.06 bits per heavy atom. The predicted molar refractivity (Wildman–Crippen MR) is 69.6 cm³/mol. The topological polar surface area (TPSA) is 29.4 Å². The van der Waals surface area contributed by atoms with Crippen LogP contribution in [0.1, 0.15) is 26.3 Å². The van der Waals surface area contributed by atoms with E-state index in [9.17, 15) is 8.60 Å². The molecule has 1 rings (SSSR count). The van der Waals surface area contributed by atoms with Gasteiger partial charge in [0.25, 0.3) is 0 Å². The molecule has 0 fully saturated rings. The monoisotopic (exact) mass is 305 g/mol. The molecule has 0 aliphatic rings. The van der Waals surface area contributed by atoms with E-state index in [-0.39, 0.29) is 5.82 Å². The maximum atomic E-state index is 13.3. The third kappa shape index (κ3) is 3.79. The van der Waals surface area contributed by atoms with Crippen molar-refractivity contribution < 1.29 is 8.60 Å². The largest absolute Gasteiger partial charge is 0.234 e. The van der Waals surface area contributed by atoms with Gasteiger partial charge < -0.3 is 0 Å². The molecule has 0 aliphatic heterocycles. The van der Waals surface area contributed by atoms with Crippen LogP contribution in [-0.2, 0) is 11.0 Å². The Labute approximate surface area is 106 Å². The lowest BCUT2D eigenvalue weighted by molar-refractivity contribution is 0.625. The highest BCUT2D eigenvalue weighted by atomic mass is 79.9. The average Bonchev–Trinajstić information content (AvgIpc) is 2.17. The lowest BCUT2D eigenvalue weighted by Gasteiger charge is -2.12. The van der Waals surface area contributed by atoms with Gasteiger partial charge in [-0.1, -0.05) is 15.9 Å². The maximum Gasteiger partial charge on any atom is 0.144 e. The van der Waals surface area contributed by atoms with Crippen LogP contribution in [0.25, 0.3) is 0 Å². The van der Waals surface area contributed by atoms with Crippen LogP contribution in [0.15, 0.2) is 27.1 Å². The number of benzene rings is 1. The number of halogens is 2. The van der Waals surface area contributed by atoms with Crippen LogP contribution in [-0.4, -0.2) is 15.2 Å². The number of nitrogens with zero attached hydrogens (tertiary/aromatic N) is 1. The third-order valence-electron chi connectivity index (χ3n) is 1.77. The van der Waals surface area contributed by atoms with Crippen LogP contribution in [0, 0.1) is 5.82 Å². The Morgan fingerprint density at radius 3 is 2.62 bits per heavy atom. The summed E-state index contributed by atoms with van der Waals surface area (Å²) in [5.41, 5.74) is 0.326. The summed E-state index contributed by atoms with van der Waals surface area (Å²) in [5.74, 6) is -0.377. The molecule has 0 bridgehead atoms. The van der Waals surface area contributed by atoms with E-state index in [0.29, 0.717) is 5.56 Å². The summed E-state index contributed by atoms with van der Waals surface area (Å²) in [6, 6.07) is 4.54. The zero-order valence-corrected chi connectivity index (χ0v) is 11.7. The van der Waals surface area contributed by atoms with Gasteiger partial charge >= 0.3 is 0 Å². The summed E-state index contributed by atoms with van der Waals surface area (Å²) in [6.45, 7) is 5.45. The van der Waals surface area contributed by atoms with Gasteiger partial charge in [-0.2, -0.15) is 4.40 Å². The first kappa shape index (κ1) is 13.5. The lowest BCUT2D eigenvalue weighted by Crippen LogP contribution is -2.19. The van der Waals surface area contributed by atoms with Gasteiger partial charge in [0, 0.05) is 16.3 Å². The summed E-state index contributed by atoms with van der Waals surface area (Å²) in [4.78, 5) is 0. The Kier molecular flexibility index (Phi) is 4.38. The summed E-state index contributed by atoms with van der Waals surface area (Å²) in [6.07, 6.45) is 1.31. The van der Waals surface area contributed by atoms with Crippen molar-refractivity contribution in [1.82, 2.24) is 0 Å². The first-order chi connectivity index (χ1) is 7.30. The second-order valence-corrected chi connectivity index (χ2v) is 7.11. The van der Waals surface area contributed by atoms with Crippen molar-refractivity contribution in [3.05, 3.63) is 34.1 Å². The van der Waals surface area contributed by atoms with Crippen molar-refractivity contribution in [3.8, 4) is 0 Å². The van der Waals surface area contributed by atoms with Crippen LogP contribution in [0.5, 0.6) is 0 Å². The highest BCUT2D eigenvalue weighted by Crippen LogP contribution is 2.16. The Morgan fingerprint density at radius 1 is 1.44 bits per heavy atom. The molecule has 0 unspecified atom stereocenters. The summed E-state index contributed by atoms with van der Waals surface area (Å²) >= 11 is 3.24. The quantitative estimate of drug-likeness (QED) is 0.769. The van der Waals surface area contributed by atoms with Gasteiger partial charge in [0.2, 0.25) is 0 Å². The van der Waals surface area contributed by atoms with E-state index >= 15 is 0 Å². The zero-order valence-electron chi connectivity index (χ0n) is 9.33. The zero-order chi connectivity index (χ0) is 12.3. The molecule has 0 spiro atoms. The standard InChI is InChI=1S/C11H13BrFNOS/c1-11(2,3)16(15)14-7-8-6-9(12)4-5-10(8)13/h4-7H,1-3H3/t16-/m0/s1. The summed E-state index contributed by atoms with van der Waals surface area (Å²) in [7, 11) is -1.37. The summed E-state index contributed by atoms with van der Waals surface area (Å²) < 4.78 is 29.1. The van der Waals surface area contributed by atoms with Crippen LogP contribution in [0.2, 0.25) is 0 Å². The van der Waals surface area contributed by atoms with Crippen molar-refractivity contribution in [2.45, 2.75) is 25.5 Å². The fourth-order valence-electron chi connectivity index (χ4n) is 0.876. The number of rotatable bonds is 2. The van der Waals surface area contributed by atoms with E-state index in [4.69, 9.17) is 0 Å². The number of hydrogen-bond acceptors (Lipinski definition) is 1. The molecule has 0 aromatic heterocycles. The molecule has 0 saturated heterocycles. The van der Waals surface area contributed by atoms with Crippen LogP contribution in [0.3, 0.4) is 0 Å². The van der Waals surface area contributed by atoms with Crippen molar-refractivity contribution in [2.24, 2.45) is 4.40 Å². The molecule has 0 radical (unpaired) electrons. The van der Waals surface area contributed by atoms with Crippen LogP contribution < -0.4 is 0 Å². The van der Waals surface area contributed by atoms with Gasteiger partial charge in [0.15, 0.2) is 0 Å². The smallest absolute Gasteiger partial charge is 0.144 e. The molecule has 0 heterocycles. The Balaban J connectivity index is 2.93. The molecule has 2 nitrogen and oxygen atoms in total. The van der Waals surface area contributed by atoms with Crippen LogP contribution in [0.4, 0.5) is 4.39 Å². The van der Waals surface area contributed by atoms with Gasteiger partial charge in [-0.25, -0.2) is 8.60 Å². The third-order valence-corrected chi connectivity index (χ3v) is 3.61. The molecule has 1 aromatic rings. The SMILES string of the molecule is CC(C)(C)[S@](=O)N=Cc1cc(Br)ccc1F. The van der Waals surface area contributed by atoms with Crippen LogP contribution >= 0.6 is 15.9 Å². The fourth-order valence-corrected chi connectivity index (χ4v) is 1.78. The van der Waals surface area contributed by atoms with Crippen molar-refractivity contribution >= 4 is 33.1 Å². The van der Waals surface area contributed by atoms with Crippen molar-refractivity contribution in [3.63, 3.8) is 0 Å². The Hall–Kier alpha value is -0.550. The van der Waals surface area contributed by atoms with Gasteiger partial charge in [0.05, 0.1) is 4.75 Å². The van der Waals surface area contributed by atoms with Gasteiger partial charge in [-0.15, -0.1) is 0 Å². The van der Waals surface area contributed by atoms with Gasteiger partial charge in [-0.3, -0.25) is 0 Å². The van der Waals surface area contributed by atoms with E-state index in [2.05, 4.69) is 20.3 Å². The van der Waals surface area contributed by atoms with E-state index in [1.807, 2.05) is 20.8 Å². The van der Waals surface area contributed by atoms with E-state index in [0.717, 1.165) is 4.47 Å². The maximum absolute atomic E-state index is 13.3. The molecule has 5 heteroatoms. The Bertz CT molecular complexity index is 440. The normalized spacial score (nSPS) is 14.3. The fraction of sp³-hybridized carbons (Fsp3) is 0.364. The van der Waals surface area contributed by atoms with Gasteiger partial charge in [-0.05, 0) is 39.0 Å². The predicted octanol–water partition coefficient (Wildman–Crippen LogP) is 3.47. The molecule has 16 heavy (non-hydrogen) atoms. The molecule has 1 atom stereocenters. The van der Waals surface area contributed by atoms with Crippen molar-refractivity contribution in [2.75, 3.05) is 0 Å². The minimum absolute atomic E-state index is 0.326. The number of hydrogen-bond donors (Lipinski definition) is 0. The highest BCUT2D eigenvalue weighted by molar-refractivity contribution is 9.10. The summed E-state index contributed by atoms with van der Waals surface area (Å²) in [5, 5.41) is 0. The van der Waals surface area contributed by atoms with E-state index < -0.39 is 15.7 Å². The second kappa shape index (κ2) is 5.19. The molecule has 1 aromatic carbocycles. The first-order valence-electron chi connectivity index (χ1n) is 4.72. The minimum Gasteiger partial charge on any atom is -0.234 e. The molecule has 0 N–H and O–H groups in total. The van der Waals surface area contributed by atoms with E-state index in [1.165, 1.54) is 12.3 Å². The molecular weight excluding hydrogens is 293 g/mol. The van der Waals surface area contributed by atoms with Crippen molar-refractivity contribution in [1.29, 1.82) is 0 Å². The molecule has 0 saturated carbocycles. The second-order valence-electron chi connectivity index (χ2n) is 4.26. The minimum atomic E-state index is -1.37.